The van der Waals surface area contributed by atoms with Crippen molar-refractivity contribution in [2.75, 3.05) is 25.2 Å². The molecule has 0 radical (unpaired) electrons. The van der Waals surface area contributed by atoms with Crippen molar-refractivity contribution in [2.24, 2.45) is 0 Å². The molecule has 29 heavy (non-hydrogen) atoms. The van der Waals surface area contributed by atoms with E-state index < -0.39 is 0 Å². The average Bonchev–Trinajstić information content (AvgIpc) is 3.33. The molecule has 0 fully saturated rings. The maximum Gasteiger partial charge on any atom is 0.163 e. The highest BCUT2D eigenvalue weighted by molar-refractivity contribution is 6.34. The molecule has 3 aromatic rings. The van der Waals surface area contributed by atoms with Crippen LogP contribution >= 0.6 is 11.6 Å². The standard InChI is InChI=1S/C21H23ClN6O/c1-4-16(6-8-29-3)28-18-9-13(2)24-21(19(18)25-26-28)27-7-5-15-10-14(12-23)11-17(22)20(15)27/h9-11,16H,4-8H2,1-3H3. The highest BCUT2D eigenvalue weighted by atomic mass is 35.5. The van der Waals surface area contributed by atoms with Crippen LogP contribution in [0.5, 0.6) is 0 Å². The van der Waals surface area contributed by atoms with Gasteiger partial charge in [0.25, 0.3) is 0 Å². The molecule has 2 aromatic heterocycles. The van der Waals surface area contributed by atoms with Crippen LogP contribution in [-0.4, -0.2) is 40.2 Å². The number of aromatic nitrogens is 4. The summed E-state index contributed by atoms with van der Waals surface area (Å²) in [6.07, 6.45) is 2.62. The maximum absolute atomic E-state index is 9.23. The van der Waals surface area contributed by atoms with E-state index in [1.807, 2.05) is 23.7 Å². The number of anilines is 2. The van der Waals surface area contributed by atoms with Crippen molar-refractivity contribution in [3.8, 4) is 6.07 Å². The van der Waals surface area contributed by atoms with E-state index >= 15 is 0 Å². The number of ether oxygens (including phenoxy) is 1. The first-order valence-electron chi connectivity index (χ1n) is 9.78. The van der Waals surface area contributed by atoms with Crippen LogP contribution in [-0.2, 0) is 11.2 Å². The molecule has 1 aliphatic rings. The fraction of sp³-hybridized carbons (Fsp3) is 0.429. The highest BCUT2D eigenvalue weighted by Crippen LogP contribution is 2.42. The third-order valence-electron chi connectivity index (χ3n) is 5.44. The Morgan fingerprint density at radius 2 is 2.17 bits per heavy atom. The van der Waals surface area contributed by atoms with Gasteiger partial charge in [0.1, 0.15) is 0 Å². The average molecular weight is 411 g/mol. The summed E-state index contributed by atoms with van der Waals surface area (Å²) >= 11 is 6.55. The molecule has 0 N–H and O–H groups in total. The molecule has 3 heterocycles. The lowest BCUT2D eigenvalue weighted by Gasteiger charge is -2.21. The van der Waals surface area contributed by atoms with Crippen molar-refractivity contribution < 1.29 is 4.74 Å². The lowest BCUT2D eigenvalue weighted by Crippen LogP contribution is -2.16. The molecule has 150 valence electrons. The Morgan fingerprint density at radius 3 is 2.90 bits per heavy atom. The zero-order valence-electron chi connectivity index (χ0n) is 16.8. The van der Waals surface area contributed by atoms with Crippen molar-refractivity contribution in [3.05, 3.63) is 40.0 Å². The highest BCUT2D eigenvalue weighted by Gasteiger charge is 2.28. The minimum absolute atomic E-state index is 0.210. The molecule has 0 spiro atoms. The summed E-state index contributed by atoms with van der Waals surface area (Å²) in [4.78, 5) is 6.89. The van der Waals surface area contributed by atoms with Crippen molar-refractivity contribution in [3.63, 3.8) is 0 Å². The number of benzene rings is 1. The SMILES string of the molecule is CCC(CCOC)n1nnc2c(N3CCc4cc(C#N)cc(Cl)c43)nc(C)cc21. The van der Waals surface area contributed by atoms with Crippen molar-refractivity contribution >= 4 is 34.1 Å². The van der Waals surface area contributed by atoms with Gasteiger partial charge in [-0.05, 0) is 49.9 Å². The number of nitrogens with zero attached hydrogens (tertiary/aromatic N) is 6. The molecule has 1 aliphatic heterocycles. The van der Waals surface area contributed by atoms with Gasteiger partial charge in [0, 0.05) is 26.0 Å². The molecule has 0 amide bonds. The largest absolute Gasteiger partial charge is 0.385 e. The van der Waals surface area contributed by atoms with Gasteiger partial charge in [-0.25, -0.2) is 9.67 Å². The van der Waals surface area contributed by atoms with Crippen LogP contribution in [0.2, 0.25) is 5.02 Å². The van der Waals surface area contributed by atoms with Gasteiger partial charge < -0.3 is 9.64 Å². The molecule has 1 aromatic carbocycles. The van der Waals surface area contributed by atoms with Gasteiger partial charge in [0.15, 0.2) is 11.3 Å². The fourth-order valence-electron chi connectivity index (χ4n) is 4.03. The van der Waals surface area contributed by atoms with Crippen molar-refractivity contribution in [1.29, 1.82) is 5.26 Å². The Balaban J connectivity index is 1.82. The van der Waals surface area contributed by atoms with Crippen LogP contribution in [0, 0.1) is 18.3 Å². The quantitative estimate of drug-likeness (QED) is 0.601. The topological polar surface area (TPSA) is 79.9 Å². The fourth-order valence-corrected chi connectivity index (χ4v) is 4.37. The minimum atomic E-state index is 0.210. The molecule has 7 nitrogen and oxygen atoms in total. The van der Waals surface area contributed by atoms with Gasteiger partial charge in [-0.2, -0.15) is 5.26 Å². The molecule has 1 atom stereocenters. The van der Waals surface area contributed by atoms with Crippen molar-refractivity contribution in [1.82, 2.24) is 20.0 Å². The summed E-state index contributed by atoms with van der Waals surface area (Å²) in [5.74, 6) is 0.762. The van der Waals surface area contributed by atoms with Crippen molar-refractivity contribution in [2.45, 2.75) is 39.2 Å². The van der Waals surface area contributed by atoms with Gasteiger partial charge in [-0.15, -0.1) is 5.10 Å². The monoisotopic (exact) mass is 410 g/mol. The van der Waals surface area contributed by atoms with Gasteiger partial charge in [-0.3, -0.25) is 0 Å². The van der Waals surface area contributed by atoms with E-state index in [1.165, 1.54) is 0 Å². The second-order valence-electron chi connectivity index (χ2n) is 7.31. The Morgan fingerprint density at radius 1 is 1.34 bits per heavy atom. The first-order chi connectivity index (χ1) is 14.1. The molecular weight excluding hydrogens is 388 g/mol. The number of nitriles is 1. The third-order valence-corrected chi connectivity index (χ3v) is 5.73. The number of aryl methyl sites for hydroxylation is 1. The smallest absolute Gasteiger partial charge is 0.163 e. The van der Waals surface area contributed by atoms with E-state index in [0.29, 0.717) is 17.2 Å². The molecule has 0 aliphatic carbocycles. The first-order valence-corrected chi connectivity index (χ1v) is 10.2. The molecule has 0 saturated heterocycles. The Bertz CT molecular complexity index is 1100. The van der Waals surface area contributed by atoms with Crippen LogP contribution in [0.4, 0.5) is 11.5 Å². The van der Waals surface area contributed by atoms with Gasteiger partial charge in [0.2, 0.25) is 0 Å². The number of pyridine rings is 1. The summed E-state index contributed by atoms with van der Waals surface area (Å²) in [7, 11) is 1.71. The minimum Gasteiger partial charge on any atom is -0.385 e. The summed E-state index contributed by atoms with van der Waals surface area (Å²) in [5.41, 5.74) is 5.17. The first kappa shape index (κ1) is 19.6. The van der Waals surface area contributed by atoms with E-state index in [4.69, 9.17) is 21.3 Å². The number of hydrogen-bond donors (Lipinski definition) is 0. The van der Waals surface area contributed by atoms with Gasteiger partial charge >= 0.3 is 0 Å². The Kier molecular flexibility index (Phi) is 5.39. The molecule has 1 unspecified atom stereocenters. The zero-order chi connectivity index (χ0) is 20.5. The Hall–Kier alpha value is -2.69. The van der Waals surface area contributed by atoms with Crippen LogP contribution in [0.1, 0.15) is 42.6 Å². The Labute approximate surface area is 174 Å². The molecule has 0 bridgehead atoms. The van der Waals surface area contributed by atoms with Crippen LogP contribution in [0.3, 0.4) is 0 Å². The number of fused-ring (bicyclic) bond motifs is 2. The molecule has 8 heteroatoms. The van der Waals surface area contributed by atoms with Crippen LogP contribution in [0.15, 0.2) is 18.2 Å². The number of methoxy groups -OCH3 is 1. The normalized spacial score (nSPS) is 14.2. The third kappa shape index (κ3) is 3.43. The number of rotatable bonds is 6. The van der Waals surface area contributed by atoms with E-state index in [-0.39, 0.29) is 6.04 Å². The number of hydrogen-bond acceptors (Lipinski definition) is 6. The van der Waals surface area contributed by atoms with E-state index in [0.717, 1.165) is 59.6 Å². The maximum atomic E-state index is 9.23. The van der Waals surface area contributed by atoms with E-state index in [2.05, 4.69) is 28.2 Å². The molecular formula is C21H23ClN6O. The lowest BCUT2D eigenvalue weighted by atomic mass is 10.1. The predicted molar refractivity (Wildman–Crippen MR) is 113 cm³/mol. The predicted octanol–water partition coefficient (Wildman–Crippen LogP) is 4.34. The second-order valence-corrected chi connectivity index (χ2v) is 7.72. The summed E-state index contributed by atoms with van der Waals surface area (Å²) in [6.45, 7) is 5.54. The van der Waals surface area contributed by atoms with Gasteiger partial charge in [0.05, 0.1) is 33.9 Å². The van der Waals surface area contributed by atoms with Crippen LogP contribution in [0.25, 0.3) is 11.0 Å². The molecule has 4 rings (SSSR count). The summed E-state index contributed by atoms with van der Waals surface area (Å²) in [5, 5.41) is 18.7. The second kappa shape index (κ2) is 7.97. The summed E-state index contributed by atoms with van der Waals surface area (Å²) < 4.78 is 7.25. The summed E-state index contributed by atoms with van der Waals surface area (Å²) in [6, 6.07) is 8.03. The molecule has 0 saturated carbocycles. The van der Waals surface area contributed by atoms with E-state index in [9.17, 15) is 5.26 Å². The van der Waals surface area contributed by atoms with Crippen LogP contribution < -0.4 is 4.90 Å². The zero-order valence-corrected chi connectivity index (χ0v) is 17.6. The van der Waals surface area contributed by atoms with E-state index in [1.54, 1.807) is 13.2 Å². The lowest BCUT2D eigenvalue weighted by molar-refractivity contribution is 0.175. The number of halogens is 1. The van der Waals surface area contributed by atoms with Gasteiger partial charge in [-0.1, -0.05) is 23.7 Å².